The zero-order chi connectivity index (χ0) is 29.9. The van der Waals surface area contributed by atoms with Crippen molar-refractivity contribution in [1.29, 1.82) is 0 Å². The molecule has 2 aromatic carbocycles. The molecule has 0 bridgehead atoms. The van der Waals surface area contributed by atoms with E-state index in [2.05, 4.69) is 26.7 Å². The van der Waals surface area contributed by atoms with Gasteiger partial charge in [-0.1, -0.05) is 19.9 Å². The molecule has 7 rings (SSSR count). The van der Waals surface area contributed by atoms with E-state index in [1.54, 1.807) is 18.3 Å². The summed E-state index contributed by atoms with van der Waals surface area (Å²) >= 11 is 0. The van der Waals surface area contributed by atoms with E-state index in [-0.39, 0.29) is 40.4 Å². The number of rotatable bonds is 6. The van der Waals surface area contributed by atoms with Gasteiger partial charge in [-0.15, -0.1) is 0 Å². The minimum Gasteiger partial charge on any atom is -0.508 e. The van der Waals surface area contributed by atoms with Crippen LogP contribution in [0.4, 0.5) is 14.6 Å². The molecule has 10 heteroatoms. The highest BCUT2D eigenvalue weighted by Crippen LogP contribution is 2.42. The van der Waals surface area contributed by atoms with Gasteiger partial charge in [-0.05, 0) is 79.6 Å². The van der Waals surface area contributed by atoms with Crippen molar-refractivity contribution in [2.24, 2.45) is 5.92 Å². The van der Waals surface area contributed by atoms with Gasteiger partial charge in [0, 0.05) is 31.4 Å². The van der Waals surface area contributed by atoms with Crippen LogP contribution in [0, 0.1) is 17.6 Å². The van der Waals surface area contributed by atoms with Gasteiger partial charge in [-0.2, -0.15) is 9.97 Å². The molecule has 4 aromatic rings. The first-order chi connectivity index (χ1) is 20.8. The minimum atomic E-state index is -0.666. The van der Waals surface area contributed by atoms with Crippen LogP contribution in [-0.4, -0.2) is 76.0 Å². The van der Waals surface area contributed by atoms with Crippen LogP contribution in [0.25, 0.3) is 32.9 Å². The first-order valence-electron chi connectivity index (χ1n) is 15.3. The minimum absolute atomic E-state index is 0.00942. The Morgan fingerprint density at radius 1 is 1.14 bits per heavy atom. The molecule has 0 spiro atoms. The number of nitrogens with zero attached hydrogens (tertiary/aromatic N) is 5. The van der Waals surface area contributed by atoms with Crippen LogP contribution in [0.15, 0.2) is 30.5 Å². The molecule has 0 amide bonds. The number of hydrogen-bond donors (Lipinski definition) is 1. The Morgan fingerprint density at radius 2 is 2.00 bits per heavy atom. The van der Waals surface area contributed by atoms with Crippen molar-refractivity contribution in [3.63, 3.8) is 0 Å². The topological polar surface area (TPSA) is 83.8 Å². The first kappa shape index (κ1) is 28.2. The molecule has 3 fully saturated rings. The van der Waals surface area contributed by atoms with E-state index in [0.29, 0.717) is 71.7 Å². The Hall–Kier alpha value is -3.63. The summed E-state index contributed by atoms with van der Waals surface area (Å²) in [6, 6.07) is 6.08. The number of morpholine rings is 1. The van der Waals surface area contributed by atoms with E-state index in [9.17, 15) is 9.50 Å². The summed E-state index contributed by atoms with van der Waals surface area (Å²) in [5.41, 5.74) is 0.776. The average molecular weight is 590 g/mol. The summed E-state index contributed by atoms with van der Waals surface area (Å²) < 4.78 is 43.7. The molecular formula is C33H37F2N5O3. The summed E-state index contributed by atoms with van der Waals surface area (Å²) in [6.07, 6.45) is 5.19. The molecule has 0 radical (unpaired) electrons. The second-order valence-corrected chi connectivity index (χ2v) is 12.5. The number of ether oxygens (including phenoxy) is 2. The molecule has 1 unspecified atom stereocenters. The molecule has 3 atom stereocenters. The van der Waals surface area contributed by atoms with Crippen LogP contribution in [0.3, 0.4) is 0 Å². The highest BCUT2D eigenvalue weighted by atomic mass is 19.1. The van der Waals surface area contributed by atoms with Crippen molar-refractivity contribution < 1.29 is 23.4 Å². The number of fused-ring (bicyclic) bond motifs is 3. The molecule has 226 valence electrons. The van der Waals surface area contributed by atoms with E-state index in [4.69, 9.17) is 14.5 Å². The van der Waals surface area contributed by atoms with E-state index in [1.165, 1.54) is 12.1 Å². The van der Waals surface area contributed by atoms with Crippen LogP contribution in [0.5, 0.6) is 11.8 Å². The molecule has 43 heavy (non-hydrogen) atoms. The van der Waals surface area contributed by atoms with Crippen LogP contribution in [0.2, 0.25) is 0 Å². The van der Waals surface area contributed by atoms with Gasteiger partial charge < -0.3 is 19.5 Å². The monoisotopic (exact) mass is 589 g/mol. The molecule has 8 nitrogen and oxygen atoms in total. The summed E-state index contributed by atoms with van der Waals surface area (Å²) in [4.78, 5) is 18.6. The van der Waals surface area contributed by atoms with Crippen molar-refractivity contribution in [3.05, 3.63) is 47.7 Å². The van der Waals surface area contributed by atoms with Crippen molar-refractivity contribution in [2.75, 3.05) is 44.3 Å². The number of aromatic nitrogens is 3. The number of phenols is 1. The fourth-order valence-corrected chi connectivity index (χ4v) is 7.58. The maximum Gasteiger partial charge on any atom is 0.319 e. The smallest absolute Gasteiger partial charge is 0.319 e. The van der Waals surface area contributed by atoms with Crippen LogP contribution in [0.1, 0.15) is 45.6 Å². The van der Waals surface area contributed by atoms with Gasteiger partial charge in [-0.3, -0.25) is 9.88 Å². The van der Waals surface area contributed by atoms with E-state index >= 15 is 4.39 Å². The molecule has 0 saturated carbocycles. The number of phenolic OH excluding ortho intramolecular Hbond substituents is 1. The standard InChI is InChI=1S/C33H37F2N5O3/c1-4-23-26(34)7-6-21-12-22(41)13-24(27(21)23)29-28(35)30-25(15-36-29)31(39-10-11-42-20(3)17-39)38-32(37-30)43-18-33-8-5-9-40(33)16-19(2)14-33/h6-7,12-13,15,19-20,41H,4-5,8-11,14,16-18H2,1-3H3/t19-,20-,33?/m1/s1. The largest absolute Gasteiger partial charge is 0.508 e. The number of hydrogen-bond acceptors (Lipinski definition) is 8. The van der Waals surface area contributed by atoms with E-state index in [1.807, 2.05) is 13.8 Å². The predicted molar refractivity (Wildman–Crippen MR) is 162 cm³/mol. The highest BCUT2D eigenvalue weighted by Gasteiger charge is 2.47. The van der Waals surface area contributed by atoms with Gasteiger partial charge in [0.1, 0.15) is 35.2 Å². The molecule has 3 aliphatic rings. The lowest BCUT2D eigenvalue weighted by Gasteiger charge is -2.33. The Bertz CT molecular complexity index is 1720. The van der Waals surface area contributed by atoms with Gasteiger partial charge in [0.25, 0.3) is 0 Å². The Labute approximate surface area is 249 Å². The quantitative estimate of drug-likeness (QED) is 0.299. The molecule has 2 aromatic heterocycles. The summed E-state index contributed by atoms with van der Waals surface area (Å²) in [5.74, 6) is 0.0352. The third kappa shape index (κ3) is 4.84. The molecule has 5 heterocycles. The van der Waals surface area contributed by atoms with Gasteiger partial charge in [-0.25, -0.2) is 8.78 Å². The summed E-state index contributed by atoms with van der Waals surface area (Å²) in [5, 5.41) is 12.1. The lowest BCUT2D eigenvalue weighted by Crippen LogP contribution is -2.44. The van der Waals surface area contributed by atoms with Gasteiger partial charge in [0.15, 0.2) is 5.82 Å². The number of halogens is 2. The second kappa shape index (κ2) is 10.8. The highest BCUT2D eigenvalue weighted by molar-refractivity contribution is 6.01. The first-order valence-corrected chi connectivity index (χ1v) is 15.3. The van der Waals surface area contributed by atoms with Crippen LogP contribution >= 0.6 is 0 Å². The number of pyridine rings is 1. The third-order valence-electron chi connectivity index (χ3n) is 9.42. The van der Waals surface area contributed by atoms with Crippen molar-refractivity contribution in [2.45, 2.75) is 58.1 Å². The Balaban J connectivity index is 1.37. The second-order valence-electron chi connectivity index (χ2n) is 12.5. The number of aromatic hydroxyl groups is 1. The molecule has 1 N–H and O–H groups in total. The lowest BCUT2D eigenvalue weighted by molar-refractivity contribution is 0.0529. The molecular weight excluding hydrogens is 552 g/mol. The van der Waals surface area contributed by atoms with Crippen molar-refractivity contribution >= 4 is 27.5 Å². The predicted octanol–water partition coefficient (Wildman–Crippen LogP) is 5.87. The number of aryl methyl sites for hydroxylation is 1. The molecule has 3 aliphatic heterocycles. The normalized spacial score (nSPS) is 24.3. The fourth-order valence-electron chi connectivity index (χ4n) is 7.58. The van der Waals surface area contributed by atoms with Gasteiger partial charge in [0.05, 0.1) is 23.6 Å². The zero-order valence-corrected chi connectivity index (χ0v) is 24.9. The van der Waals surface area contributed by atoms with Crippen molar-refractivity contribution in [3.8, 4) is 23.0 Å². The summed E-state index contributed by atoms with van der Waals surface area (Å²) in [6.45, 7) is 10.4. The maximum absolute atomic E-state index is 16.7. The average Bonchev–Trinajstić information content (AvgIpc) is 3.51. The molecule has 3 saturated heterocycles. The SMILES string of the molecule is CCc1c(F)ccc2cc(O)cc(-c3ncc4c(N5CCO[C@H](C)C5)nc(OCC56CCCN5C[C@H](C)C6)nc4c3F)c12. The summed E-state index contributed by atoms with van der Waals surface area (Å²) in [7, 11) is 0. The molecule has 0 aliphatic carbocycles. The van der Waals surface area contributed by atoms with E-state index < -0.39 is 5.82 Å². The van der Waals surface area contributed by atoms with Gasteiger partial charge >= 0.3 is 6.01 Å². The van der Waals surface area contributed by atoms with E-state index in [0.717, 1.165) is 32.4 Å². The Kier molecular flexibility index (Phi) is 7.09. The fraction of sp³-hybridized carbons (Fsp3) is 0.485. The lowest BCUT2D eigenvalue weighted by atomic mass is 9.92. The number of anilines is 1. The number of benzene rings is 2. The van der Waals surface area contributed by atoms with Gasteiger partial charge in [0.2, 0.25) is 0 Å². The Morgan fingerprint density at radius 3 is 2.81 bits per heavy atom. The van der Waals surface area contributed by atoms with Crippen molar-refractivity contribution in [1.82, 2.24) is 19.9 Å². The zero-order valence-electron chi connectivity index (χ0n) is 24.9. The maximum atomic E-state index is 16.7. The van der Waals surface area contributed by atoms with Crippen LogP contribution < -0.4 is 9.64 Å². The van der Waals surface area contributed by atoms with Crippen LogP contribution in [-0.2, 0) is 11.2 Å². The third-order valence-corrected chi connectivity index (χ3v) is 9.42.